The summed E-state index contributed by atoms with van der Waals surface area (Å²) in [7, 11) is 0. The van der Waals surface area contributed by atoms with Gasteiger partial charge in [-0.3, -0.25) is 0 Å². The van der Waals surface area contributed by atoms with Gasteiger partial charge in [-0.2, -0.15) is 0 Å². The van der Waals surface area contributed by atoms with Crippen LogP contribution in [0.25, 0.3) is 0 Å². The maximum atomic E-state index is 3.58. The fourth-order valence-electron chi connectivity index (χ4n) is 1.69. The van der Waals surface area contributed by atoms with Crippen LogP contribution >= 0.6 is 43.2 Å². The van der Waals surface area contributed by atoms with E-state index in [4.69, 9.17) is 0 Å². The molecule has 1 aliphatic rings. The standard InChI is InChI=1S/C11H15Br2NS/c1-7(4-8-2-3-8)14-6-9-5-10(12)11(13)15-9/h5,7-8,14H,2-4,6H2,1H3. The summed E-state index contributed by atoms with van der Waals surface area (Å²) in [6, 6.07) is 2.84. The van der Waals surface area contributed by atoms with E-state index in [0.717, 1.165) is 12.5 Å². The lowest BCUT2D eigenvalue weighted by Crippen LogP contribution is -2.25. The zero-order valence-electron chi connectivity index (χ0n) is 8.72. The van der Waals surface area contributed by atoms with Gasteiger partial charge in [-0.1, -0.05) is 12.8 Å². The second kappa shape index (κ2) is 5.30. The summed E-state index contributed by atoms with van der Waals surface area (Å²) < 4.78 is 2.35. The smallest absolute Gasteiger partial charge is 0.0843 e. The van der Waals surface area contributed by atoms with Crippen molar-refractivity contribution in [3.63, 3.8) is 0 Å². The molecule has 1 heterocycles. The number of nitrogens with one attached hydrogen (secondary N) is 1. The molecule has 1 atom stereocenters. The van der Waals surface area contributed by atoms with Gasteiger partial charge in [-0.25, -0.2) is 0 Å². The molecule has 0 aliphatic heterocycles. The van der Waals surface area contributed by atoms with E-state index in [1.807, 2.05) is 0 Å². The van der Waals surface area contributed by atoms with Crippen molar-refractivity contribution >= 4 is 43.2 Å². The Morgan fingerprint density at radius 1 is 1.53 bits per heavy atom. The minimum absolute atomic E-state index is 0.650. The monoisotopic (exact) mass is 351 g/mol. The fraction of sp³-hybridized carbons (Fsp3) is 0.636. The van der Waals surface area contributed by atoms with Gasteiger partial charge in [0.1, 0.15) is 0 Å². The summed E-state index contributed by atoms with van der Waals surface area (Å²) in [5.74, 6) is 1.01. The van der Waals surface area contributed by atoms with Gasteiger partial charge in [-0.15, -0.1) is 11.3 Å². The van der Waals surface area contributed by atoms with Crippen LogP contribution < -0.4 is 5.32 Å². The Labute approximate surface area is 112 Å². The van der Waals surface area contributed by atoms with Crippen LogP contribution in [0.1, 0.15) is 31.1 Å². The highest BCUT2D eigenvalue weighted by molar-refractivity contribution is 9.13. The van der Waals surface area contributed by atoms with E-state index in [1.165, 1.54) is 32.4 Å². The molecule has 1 fully saturated rings. The average Bonchev–Trinajstić information content (AvgIpc) is 2.92. The van der Waals surface area contributed by atoms with Crippen LogP contribution in [0, 0.1) is 5.92 Å². The Hall–Kier alpha value is 0.620. The maximum absolute atomic E-state index is 3.58. The lowest BCUT2D eigenvalue weighted by molar-refractivity contribution is 0.490. The summed E-state index contributed by atoms with van der Waals surface area (Å²) in [4.78, 5) is 1.39. The molecule has 1 aromatic rings. The lowest BCUT2D eigenvalue weighted by Gasteiger charge is -2.11. The van der Waals surface area contributed by atoms with Gasteiger partial charge in [0.2, 0.25) is 0 Å². The highest BCUT2D eigenvalue weighted by Gasteiger charge is 2.23. The zero-order valence-corrected chi connectivity index (χ0v) is 12.7. The largest absolute Gasteiger partial charge is 0.309 e. The molecule has 0 saturated heterocycles. The van der Waals surface area contributed by atoms with Crippen molar-refractivity contribution in [2.45, 2.75) is 38.8 Å². The predicted molar refractivity (Wildman–Crippen MR) is 73.4 cm³/mol. The molecule has 1 unspecified atom stereocenters. The number of rotatable bonds is 5. The molecule has 1 N–H and O–H groups in total. The Morgan fingerprint density at radius 3 is 2.80 bits per heavy atom. The summed E-state index contributed by atoms with van der Waals surface area (Å²) in [6.07, 6.45) is 4.23. The van der Waals surface area contributed by atoms with Crippen LogP contribution in [-0.2, 0) is 6.54 Å². The molecule has 84 valence electrons. The first-order valence-electron chi connectivity index (χ1n) is 5.32. The van der Waals surface area contributed by atoms with Crippen LogP contribution in [-0.4, -0.2) is 6.04 Å². The molecule has 1 aliphatic carbocycles. The molecule has 0 aromatic carbocycles. The normalized spacial score (nSPS) is 18.1. The van der Waals surface area contributed by atoms with Gasteiger partial charge in [-0.05, 0) is 57.2 Å². The minimum Gasteiger partial charge on any atom is -0.309 e. The van der Waals surface area contributed by atoms with Crippen molar-refractivity contribution in [2.75, 3.05) is 0 Å². The molecular formula is C11H15Br2NS. The van der Waals surface area contributed by atoms with E-state index >= 15 is 0 Å². The molecule has 4 heteroatoms. The molecule has 0 bridgehead atoms. The number of halogens is 2. The number of thiophene rings is 1. The Bertz CT molecular complexity index is 314. The summed E-state index contributed by atoms with van der Waals surface area (Å²) in [6.45, 7) is 3.28. The third kappa shape index (κ3) is 3.84. The predicted octanol–water partition coefficient (Wildman–Crippen LogP) is 4.55. The first-order valence-corrected chi connectivity index (χ1v) is 7.72. The Balaban J connectivity index is 1.76. The molecule has 0 spiro atoms. The summed E-state index contributed by atoms with van der Waals surface area (Å²) >= 11 is 8.82. The topological polar surface area (TPSA) is 12.0 Å². The highest BCUT2D eigenvalue weighted by Crippen LogP contribution is 2.34. The quantitative estimate of drug-likeness (QED) is 0.819. The molecule has 1 saturated carbocycles. The van der Waals surface area contributed by atoms with E-state index in [-0.39, 0.29) is 0 Å². The van der Waals surface area contributed by atoms with Crippen molar-refractivity contribution in [3.05, 3.63) is 19.2 Å². The Kier molecular flexibility index (Phi) is 4.27. The fourth-order valence-corrected chi connectivity index (χ4v) is 3.82. The van der Waals surface area contributed by atoms with E-state index in [1.54, 1.807) is 11.3 Å². The van der Waals surface area contributed by atoms with Crippen molar-refractivity contribution in [1.82, 2.24) is 5.32 Å². The van der Waals surface area contributed by atoms with Crippen molar-refractivity contribution in [1.29, 1.82) is 0 Å². The Morgan fingerprint density at radius 2 is 2.27 bits per heavy atom. The van der Waals surface area contributed by atoms with Crippen molar-refractivity contribution in [3.8, 4) is 0 Å². The third-order valence-electron chi connectivity index (χ3n) is 2.70. The zero-order chi connectivity index (χ0) is 10.8. The van der Waals surface area contributed by atoms with Gasteiger partial charge in [0.05, 0.1) is 3.79 Å². The SMILES string of the molecule is CC(CC1CC1)NCc1cc(Br)c(Br)s1. The maximum Gasteiger partial charge on any atom is 0.0843 e. The summed E-state index contributed by atoms with van der Waals surface area (Å²) in [5, 5.41) is 3.58. The van der Waals surface area contributed by atoms with E-state index < -0.39 is 0 Å². The molecule has 0 radical (unpaired) electrons. The van der Waals surface area contributed by atoms with Gasteiger partial charge in [0.25, 0.3) is 0 Å². The van der Waals surface area contributed by atoms with Gasteiger partial charge < -0.3 is 5.32 Å². The van der Waals surface area contributed by atoms with Crippen LogP contribution in [0.4, 0.5) is 0 Å². The van der Waals surface area contributed by atoms with E-state index in [2.05, 4.69) is 50.2 Å². The van der Waals surface area contributed by atoms with E-state index in [0.29, 0.717) is 6.04 Å². The molecule has 2 rings (SSSR count). The molecule has 0 amide bonds. The average molecular weight is 353 g/mol. The van der Waals surface area contributed by atoms with Gasteiger partial charge >= 0.3 is 0 Å². The number of hydrogen-bond donors (Lipinski definition) is 1. The van der Waals surface area contributed by atoms with Crippen molar-refractivity contribution in [2.24, 2.45) is 5.92 Å². The van der Waals surface area contributed by atoms with E-state index in [9.17, 15) is 0 Å². The van der Waals surface area contributed by atoms with Crippen LogP contribution in [0.15, 0.2) is 14.3 Å². The van der Waals surface area contributed by atoms with Crippen LogP contribution in [0.2, 0.25) is 0 Å². The minimum atomic E-state index is 0.650. The summed E-state index contributed by atoms with van der Waals surface area (Å²) in [5.41, 5.74) is 0. The number of hydrogen-bond acceptors (Lipinski definition) is 2. The second-order valence-electron chi connectivity index (χ2n) is 4.30. The molecule has 1 nitrogen and oxygen atoms in total. The molecule has 1 aromatic heterocycles. The molecule has 15 heavy (non-hydrogen) atoms. The van der Waals surface area contributed by atoms with Crippen LogP contribution in [0.3, 0.4) is 0 Å². The van der Waals surface area contributed by atoms with Gasteiger partial charge in [0.15, 0.2) is 0 Å². The first kappa shape index (κ1) is 12.1. The van der Waals surface area contributed by atoms with Crippen LogP contribution in [0.5, 0.6) is 0 Å². The van der Waals surface area contributed by atoms with Gasteiger partial charge in [0, 0.05) is 21.9 Å². The molecular weight excluding hydrogens is 338 g/mol. The third-order valence-corrected chi connectivity index (χ3v) is 5.96. The first-order chi connectivity index (χ1) is 7.15. The van der Waals surface area contributed by atoms with Crippen molar-refractivity contribution < 1.29 is 0 Å². The highest BCUT2D eigenvalue weighted by atomic mass is 79.9. The second-order valence-corrected chi connectivity index (χ2v) is 7.60. The lowest BCUT2D eigenvalue weighted by atomic mass is 10.1.